The lowest BCUT2D eigenvalue weighted by atomic mass is 9.97. The Kier molecular flexibility index (Phi) is 6.36. The summed E-state index contributed by atoms with van der Waals surface area (Å²) < 4.78 is 5.61. The molecule has 4 heteroatoms. The van der Waals surface area contributed by atoms with E-state index in [1.165, 1.54) is 6.07 Å². The molecule has 1 unspecified atom stereocenters. The van der Waals surface area contributed by atoms with Crippen LogP contribution < -0.4 is 0 Å². The van der Waals surface area contributed by atoms with Crippen molar-refractivity contribution in [1.29, 1.82) is 0 Å². The molecule has 0 aliphatic carbocycles. The Morgan fingerprint density at radius 1 is 1.39 bits per heavy atom. The molecule has 0 saturated heterocycles. The fourth-order valence-corrected chi connectivity index (χ4v) is 1.81. The van der Waals surface area contributed by atoms with Crippen LogP contribution in [0, 0.1) is 10.1 Å². The first kappa shape index (κ1) is 14.6. The molecule has 0 saturated carbocycles. The van der Waals surface area contributed by atoms with Gasteiger partial charge >= 0.3 is 0 Å². The van der Waals surface area contributed by atoms with E-state index in [4.69, 9.17) is 4.74 Å². The molecule has 0 aliphatic heterocycles. The molecule has 0 radical (unpaired) electrons. The number of ether oxygens (including phenoxy) is 1. The third-order valence-electron chi connectivity index (χ3n) is 3.01. The van der Waals surface area contributed by atoms with E-state index in [9.17, 15) is 10.1 Å². The maximum atomic E-state index is 10.7. The van der Waals surface area contributed by atoms with Gasteiger partial charge in [-0.25, -0.2) is 0 Å². The molecule has 0 bridgehead atoms. The van der Waals surface area contributed by atoms with Gasteiger partial charge in [-0.3, -0.25) is 10.1 Å². The van der Waals surface area contributed by atoms with Gasteiger partial charge in [0.15, 0.2) is 0 Å². The van der Waals surface area contributed by atoms with E-state index >= 15 is 0 Å². The van der Waals surface area contributed by atoms with Crippen LogP contribution in [0.2, 0.25) is 0 Å². The average Bonchev–Trinajstić information content (AvgIpc) is 2.39. The molecule has 0 aliphatic rings. The van der Waals surface area contributed by atoms with E-state index in [0.717, 1.165) is 31.4 Å². The Morgan fingerprint density at radius 3 is 2.78 bits per heavy atom. The topological polar surface area (TPSA) is 52.4 Å². The molecule has 0 amide bonds. The van der Waals surface area contributed by atoms with Crippen LogP contribution in [0.25, 0.3) is 0 Å². The van der Waals surface area contributed by atoms with E-state index in [0.29, 0.717) is 6.61 Å². The lowest BCUT2D eigenvalue weighted by Crippen LogP contribution is -2.08. The summed E-state index contributed by atoms with van der Waals surface area (Å²) in [4.78, 5) is 10.4. The molecule has 0 fully saturated rings. The van der Waals surface area contributed by atoms with E-state index in [2.05, 4.69) is 13.8 Å². The van der Waals surface area contributed by atoms with Gasteiger partial charge in [-0.1, -0.05) is 32.4 Å². The fourth-order valence-electron chi connectivity index (χ4n) is 1.81. The number of unbranched alkanes of at least 4 members (excludes halogenated alkanes) is 1. The van der Waals surface area contributed by atoms with E-state index < -0.39 is 0 Å². The smallest absolute Gasteiger partial charge is 0.269 e. The van der Waals surface area contributed by atoms with E-state index in [1.54, 1.807) is 12.1 Å². The number of rotatable bonds is 8. The highest BCUT2D eigenvalue weighted by Crippen LogP contribution is 2.23. The molecule has 18 heavy (non-hydrogen) atoms. The van der Waals surface area contributed by atoms with Crippen molar-refractivity contribution < 1.29 is 9.66 Å². The van der Waals surface area contributed by atoms with Crippen LogP contribution in [0.15, 0.2) is 24.3 Å². The third kappa shape index (κ3) is 4.45. The Labute approximate surface area is 108 Å². The maximum absolute atomic E-state index is 10.7. The van der Waals surface area contributed by atoms with Crippen LogP contribution in [0.3, 0.4) is 0 Å². The van der Waals surface area contributed by atoms with Crippen LogP contribution in [0.1, 0.15) is 44.6 Å². The molecule has 1 rings (SSSR count). The summed E-state index contributed by atoms with van der Waals surface area (Å²) in [6, 6.07) is 6.85. The van der Waals surface area contributed by atoms with Crippen molar-refractivity contribution in [3.8, 4) is 0 Å². The van der Waals surface area contributed by atoms with Crippen LogP contribution >= 0.6 is 0 Å². The number of nitro groups is 1. The van der Waals surface area contributed by atoms with Gasteiger partial charge in [0.05, 0.1) is 11.5 Å². The Bertz CT molecular complexity index is 379. The Balaban J connectivity index is 2.63. The third-order valence-corrected chi connectivity index (χ3v) is 3.01. The number of non-ortho nitro benzene ring substituents is 1. The highest BCUT2D eigenvalue weighted by Gasteiger charge is 2.13. The zero-order chi connectivity index (χ0) is 13.4. The highest BCUT2D eigenvalue weighted by atomic mass is 16.6. The summed E-state index contributed by atoms with van der Waals surface area (Å²) >= 11 is 0. The van der Waals surface area contributed by atoms with Gasteiger partial charge in [-0.05, 0) is 18.4 Å². The summed E-state index contributed by atoms with van der Waals surface area (Å²) in [6.45, 7) is 5.60. The summed E-state index contributed by atoms with van der Waals surface area (Å²) in [5.74, 6) is 0.238. The molecule has 1 aromatic rings. The zero-order valence-electron chi connectivity index (χ0n) is 11.1. The van der Waals surface area contributed by atoms with E-state index in [-0.39, 0.29) is 16.5 Å². The highest BCUT2D eigenvalue weighted by molar-refractivity contribution is 5.36. The van der Waals surface area contributed by atoms with Crippen molar-refractivity contribution in [3.05, 3.63) is 39.9 Å². The van der Waals surface area contributed by atoms with Crippen LogP contribution in [0.4, 0.5) is 5.69 Å². The number of hydrogen-bond acceptors (Lipinski definition) is 3. The summed E-state index contributed by atoms with van der Waals surface area (Å²) in [5.41, 5.74) is 1.14. The van der Waals surface area contributed by atoms with Gasteiger partial charge in [-0.2, -0.15) is 0 Å². The SMILES string of the molecule is CCCCOCC(CC)c1cccc([N+](=O)[O-])c1. The Hall–Kier alpha value is -1.42. The number of nitro benzene ring substituents is 1. The molecule has 1 aromatic carbocycles. The molecular weight excluding hydrogens is 230 g/mol. The van der Waals surface area contributed by atoms with E-state index in [1.807, 2.05) is 6.07 Å². The van der Waals surface area contributed by atoms with Gasteiger partial charge in [-0.15, -0.1) is 0 Å². The normalized spacial score (nSPS) is 12.3. The molecule has 0 heterocycles. The fraction of sp³-hybridized carbons (Fsp3) is 0.571. The lowest BCUT2D eigenvalue weighted by molar-refractivity contribution is -0.384. The molecule has 1 atom stereocenters. The van der Waals surface area contributed by atoms with Gasteiger partial charge in [0.2, 0.25) is 0 Å². The second-order valence-corrected chi connectivity index (χ2v) is 4.39. The monoisotopic (exact) mass is 251 g/mol. The van der Waals surface area contributed by atoms with Crippen molar-refractivity contribution in [2.75, 3.05) is 13.2 Å². The molecule has 0 aromatic heterocycles. The first-order valence-corrected chi connectivity index (χ1v) is 6.51. The predicted octanol–water partition coefficient (Wildman–Crippen LogP) is 3.91. The lowest BCUT2D eigenvalue weighted by Gasteiger charge is -2.15. The summed E-state index contributed by atoms with van der Waals surface area (Å²) in [5, 5.41) is 10.7. The Morgan fingerprint density at radius 2 is 2.17 bits per heavy atom. The molecule has 0 spiro atoms. The summed E-state index contributed by atoms with van der Waals surface area (Å²) in [7, 11) is 0. The van der Waals surface area contributed by atoms with Gasteiger partial charge in [0.25, 0.3) is 5.69 Å². The van der Waals surface area contributed by atoms with Crippen LogP contribution in [-0.2, 0) is 4.74 Å². The largest absolute Gasteiger partial charge is 0.381 e. The minimum absolute atomic E-state index is 0.152. The van der Waals surface area contributed by atoms with Crippen molar-refractivity contribution in [2.45, 2.75) is 39.0 Å². The first-order valence-electron chi connectivity index (χ1n) is 6.51. The van der Waals surface area contributed by atoms with Crippen molar-refractivity contribution >= 4 is 5.69 Å². The number of nitrogens with zero attached hydrogens (tertiary/aromatic N) is 1. The second kappa shape index (κ2) is 7.82. The van der Waals surface area contributed by atoms with Crippen LogP contribution in [0.5, 0.6) is 0 Å². The van der Waals surface area contributed by atoms with Crippen LogP contribution in [-0.4, -0.2) is 18.1 Å². The minimum Gasteiger partial charge on any atom is -0.381 e. The summed E-state index contributed by atoms with van der Waals surface area (Å²) in [6.07, 6.45) is 3.10. The first-order chi connectivity index (χ1) is 8.69. The van der Waals surface area contributed by atoms with Crippen molar-refractivity contribution in [1.82, 2.24) is 0 Å². The molecular formula is C14H21NO3. The van der Waals surface area contributed by atoms with Crippen molar-refractivity contribution in [2.24, 2.45) is 0 Å². The number of benzene rings is 1. The number of hydrogen-bond donors (Lipinski definition) is 0. The zero-order valence-corrected chi connectivity index (χ0v) is 11.1. The molecule has 0 N–H and O–H groups in total. The standard InChI is InChI=1S/C14H21NO3/c1-3-5-9-18-11-12(4-2)13-7-6-8-14(10-13)15(16)17/h6-8,10,12H,3-5,9,11H2,1-2H3. The van der Waals surface area contributed by atoms with Crippen molar-refractivity contribution in [3.63, 3.8) is 0 Å². The average molecular weight is 251 g/mol. The quantitative estimate of drug-likeness (QED) is 0.400. The predicted molar refractivity (Wildman–Crippen MR) is 71.9 cm³/mol. The van der Waals surface area contributed by atoms with Gasteiger partial charge < -0.3 is 4.74 Å². The minimum atomic E-state index is -0.353. The van der Waals surface area contributed by atoms with Gasteiger partial charge in [0, 0.05) is 24.7 Å². The second-order valence-electron chi connectivity index (χ2n) is 4.39. The molecule has 100 valence electrons. The van der Waals surface area contributed by atoms with Gasteiger partial charge in [0.1, 0.15) is 0 Å². The molecule has 4 nitrogen and oxygen atoms in total. The maximum Gasteiger partial charge on any atom is 0.269 e.